The molecule has 1 aromatic rings. The number of rotatable bonds is 8. The Morgan fingerprint density at radius 1 is 1.00 bits per heavy atom. The Labute approximate surface area is 138 Å². The van der Waals surface area contributed by atoms with Crippen LogP contribution in [0.25, 0.3) is 0 Å². The topological polar surface area (TPSA) is 111 Å². The Hall–Kier alpha value is -0.880. The third kappa shape index (κ3) is 5.39. The Morgan fingerprint density at radius 2 is 1.50 bits per heavy atom. The van der Waals surface area contributed by atoms with Gasteiger partial charge in [0.05, 0.1) is 20.5 Å². The van der Waals surface area contributed by atoms with Gasteiger partial charge < -0.3 is 9.47 Å². The van der Waals surface area contributed by atoms with E-state index in [-0.39, 0.29) is 23.7 Å². The average Bonchev–Trinajstić information content (AvgIpc) is 2.42. The van der Waals surface area contributed by atoms with E-state index in [9.17, 15) is 16.8 Å². The van der Waals surface area contributed by atoms with Gasteiger partial charge in [-0.2, -0.15) is 0 Å². The summed E-state index contributed by atoms with van der Waals surface area (Å²) in [4.78, 5) is -0.0375. The summed E-state index contributed by atoms with van der Waals surface area (Å²) in [6.45, 7) is -0.140. The summed E-state index contributed by atoms with van der Waals surface area (Å²) in [5, 5.41) is 0. The molecule has 0 bridgehead atoms. The van der Waals surface area contributed by atoms with Crippen LogP contribution in [0.15, 0.2) is 21.5 Å². The molecule has 1 rings (SSSR count). The molecule has 0 saturated heterocycles. The summed E-state index contributed by atoms with van der Waals surface area (Å²) in [6.07, 6.45) is 0.992. The minimum Gasteiger partial charge on any atom is -0.493 e. The zero-order chi connectivity index (χ0) is 17.0. The van der Waals surface area contributed by atoms with Crippen LogP contribution in [-0.2, 0) is 20.0 Å². The van der Waals surface area contributed by atoms with Gasteiger partial charge >= 0.3 is 0 Å². The number of benzene rings is 1. The van der Waals surface area contributed by atoms with Crippen LogP contribution in [0.2, 0.25) is 0 Å². The summed E-state index contributed by atoms with van der Waals surface area (Å²) in [5.41, 5.74) is 0. The molecule has 0 heterocycles. The van der Waals surface area contributed by atoms with Gasteiger partial charge in [-0.15, -0.1) is 0 Å². The first-order valence-corrected chi connectivity index (χ1v) is 10.1. The molecule has 8 nitrogen and oxygen atoms in total. The molecule has 11 heteroatoms. The first-order chi connectivity index (χ1) is 10.1. The zero-order valence-corrected chi connectivity index (χ0v) is 15.4. The van der Waals surface area contributed by atoms with Crippen molar-refractivity contribution in [2.75, 3.05) is 33.6 Å². The molecule has 22 heavy (non-hydrogen) atoms. The van der Waals surface area contributed by atoms with Crippen molar-refractivity contribution >= 4 is 36.0 Å². The lowest BCUT2D eigenvalue weighted by Gasteiger charge is -2.13. The predicted octanol–water partition coefficient (Wildman–Crippen LogP) is 0.294. The van der Waals surface area contributed by atoms with E-state index in [0.717, 1.165) is 6.26 Å². The van der Waals surface area contributed by atoms with E-state index in [1.54, 1.807) is 0 Å². The van der Waals surface area contributed by atoms with Crippen LogP contribution in [0.3, 0.4) is 0 Å². The molecule has 126 valence electrons. The van der Waals surface area contributed by atoms with Gasteiger partial charge in [-0.3, -0.25) is 0 Å². The predicted molar refractivity (Wildman–Crippen MR) is 85.3 cm³/mol. The van der Waals surface area contributed by atoms with Crippen molar-refractivity contribution in [2.45, 2.75) is 4.90 Å². The van der Waals surface area contributed by atoms with E-state index in [4.69, 9.17) is 9.47 Å². The number of ether oxygens (including phenoxy) is 2. The molecule has 0 unspecified atom stereocenters. The Morgan fingerprint density at radius 3 is 2.00 bits per heavy atom. The van der Waals surface area contributed by atoms with E-state index in [1.165, 1.54) is 26.4 Å². The fourth-order valence-corrected chi connectivity index (χ4v) is 4.08. The molecular weight excluding hydrogens is 400 g/mol. The highest BCUT2D eigenvalue weighted by Crippen LogP contribution is 2.35. The lowest BCUT2D eigenvalue weighted by atomic mass is 10.3. The fraction of sp³-hybridized carbons (Fsp3) is 0.455. The van der Waals surface area contributed by atoms with Gasteiger partial charge in [0, 0.05) is 23.6 Å². The van der Waals surface area contributed by atoms with Gasteiger partial charge in [-0.25, -0.2) is 26.3 Å². The second-order valence-corrected chi connectivity index (χ2v) is 8.62. The third-order valence-electron chi connectivity index (χ3n) is 2.51. The summed E-state index contributed by atoms with van der Waals surface area (Å²) in [7, 11) is -4.37. The number of hydrogen-bond acceptors (Lipinski definition) is 6. The van der Waals surface area contributed by atoms with E-state index >= 15 is 0 Å². The van der Waals surface area contributed by atoms with Crippen molar-refractivity contribution in [3.63, 3.8) is 0 Å². The number of methoxy groups -OCH3 is 2. The second-order valence-electron chi connectivity index (χ2n) is 4.20. The molecule has 0 atom stereocenters. The first-order valence-electron chi connectivity index (χ1n) is 5.96. The van der Waals surface area contributed by atoms with Crippen LogP contribution < -0.4 is 18.9 Å². The first kappa shape index (κ1) is 19.2. The molecule has 0 aliphatic carbocycles. The quantitative estimate of drug-likeness (QED) is 0.589. The molecule has 1 aromatic carbocycles. The van der Waals surface area contributed by atoms with Crippen molar-refractivity contribution in [3.05, 3.63) is 16.6 Å². The Balaban J connectivity index is 2.93. The lowest BCUT2D eigenvalue weighted by Crippen LogP contribution is -2.34. The molecule has 0 radical (unpaired) electrons. The van der Waals surface area contributed by atoms with Crippen LogP contribution in [-0.4, -0.2) is 50.4 Å². The third-order valence-corrected chi connectivity index (χ3v) is 5.66. The summed E-state index contributed by atoms with van der Waals surface area (Å²) < 4.78 is 61.2. The standard InChI is InChI=1S/C11H17BrN2O6S2/c1-19-9-6-8(12)11(7-10(9)20-2)22(17,18)14-5-4-13-21(3,15)16/h6-7,13-14H,4-5H2,1-3H3. The smallest absolute Gasteiger partial charge is 0.241 e. The molecule has 0 saturated carbocycles. The molecule has 0 amide bonds. The van der Waals surface area contributed by atoms with Crippen LogP contribution >= 0.6 is 15.9 Å². The van der Waals surface area contributed by atoms with Gasteiger partial charge in [-0.05, 0) is 22.0 Å². The molecule has 0 spiro atoms. The SMILES string of the molecule is COc1cc(Br)c(S(=O)(=O)NCCNS(C)(=O)=O)cc1OC. The van der Waals surface area contributed by atoms with E-state index in [2.05, 4.69) is 25.4 Å². The average molecular weight is 417 g/mol. The highest BCUT2D eigenvalue weighted by Gasteiger charge is 2.21. The molecule has 0 aliphatic heterocycles. The number of sulfonamides is 2. The van der Waals surface area contributed by atoms with Crippen molar-refractivity contribution in [3.8, 4) is 11.5 Å². The van der Waals surface area contributed by atoms with Crippen molar-refractivity contribution in [1.29, 1.82) is 0 Å². The maximum Gasteiger partial charge on any atom is 0.241 e. The van der Waals surface area contributed by atoms with Gasteiger partial charge in [0.15, 0.2) is 11.5 Å². The zero-order valence-electron chi connectivity index (χ0n) is 12.2. The maximum absolute atomic E-state index is 12.2. The molecule has 2 N–H and O–H groups in total. The van der Waals surface area contributed by atoms with Crippen LogP contribution in [0.4, 0.5) is 0 Å². The van der Waals surface area contributed by atoms with Gasteiger partial charge in [-0.1, -0.05) is 0 Å². The highest BCUT2D eigenvalue weighted by molar-refractivity contribution is 9.10. The number of hydrogen-bond donors (Lipinski definition) is 2. The van der Waals surface area contributed by atoms with Crippen molar-refractivity contribution in [1.82, 2.24) is 9.44 Å². The summed E-state index contributed by atoms with van der Waals surface area (Å²) in [5.74, 6) is 0.646. The van der Waals surface area contributed by atoms with Crippen LogP contribution in [0, 0.1) is 0 Å². The van der Waals surface area contributed by atoms with Crippen LogP contribution in [0.5, 0.6) is 11.5 Å². The normalized spacial score (nSPS) is 12.2. The largest absolute Gasteiger partial charge is 0.493 e. The fourth-order valence-electron chi connectivity index (χ4n) is 1.54. The van der Waals surface area contributed by atoms with E-state index < -0.39 is 20.0 Å². The number of halogens is 1. The molecular formula is C11H17BrN2O6S2. The Kier molecular flexibility index (Phi) is 6.62. The number of nitrogens with one attached hydrogen (secondary N) is 2. The van der Waals surface area contributed by atoms with Gasteiger partial charge in [0.2, 0.25) is 20.0 Å². The second kappa shape index (κ2) is 7.59. The molecule has 0 aromatic heterocycles. The maximum atomic E-state index is 12.2. The van der Waals surface area contributed by atoms with Gasteiger partial charge in [0.25, 0.3) is 0 Å². The van der Waals surface area contributed by atoms with E-state index in [0.29, 0.717) is 10.2 Å². The van der Waals surface area contributed by atoms with Crippen molar-refractivity contribution in [2.24, 2.45) is 0 Å². The van der Waals surface area contributed by atoms with E-state index in [1.807, 2.05) is 0 Å². The monoisotopic (exact) mass is 416 g/mol. The lowest BCUT2D eigenvalue weighted by molar-refractivity contribution is 0.353. The van der Waals surface area contributed by atoms with Crippen LogP contribution in [0.1, 0.15) is 0 Å². The molecule has 0 aliphatic rings. The van der Waals surface area contributed by atoms with Gasteiger partial charge in [0.1, 0.15) is 4.90 Å². The summed E-state index contributed by atoms with van der Waals surface area (Å²) in [6, 6.07) is 2.79. The molecule has 0 fully saturated rings. The minimum absolute atomic E-state index is 0.0375. The van der Waals surface area contributed by atoms with Crippen molar-refractivity contribution < 1.29 is 26.3 Å². The highest BCUT2D eigenvalue weighted by atomic mass is 79.9. The summed E-state index contributed by atoms with van der Waals surface area (Å²) >= 11 is 3.16. The minimum atomic E-state index is -3.83. The Bertz CT molecular complexity index is 733.